The lowest BCUT2D eigenvalue weighted by atomic mass is 9.88. The fourth-order valence-corrected chi connectivity index (χ4v) is 5.09. The molecule has 1 aliphatic rings. The van der Waals surface area contributed by atoms with Gasteiger partial charge in [-0.2, -0.15) is 0 Å². The fraction of sp³-hybridized carbons (Fsp3) is 0.480. The van der Waals surface area contributed by atoms with Crippen molar-refractivity contribution in [2.75, 3.05) is 11.9 Å². The van der Waals surface area contributed by atoms with Gasteiger partial charge in [0.15, 0.2) is 6.10 Å². The van der Waals surface area contributed by atoms with Gasteiger partial charge in [0.1, 0.15) is 10.8 Å². The minimum absolute atomic E-state index is 0.222. The molecule has 2 atom stereocenters. The first-order chi connectivity index (χ1) is 15.7. The molecule has 1 amide bonds. The molecule has 1 N–H and O–H groups in total. The van der Waals surface area contributed by atoms with E-state index in [2.05, 4.69) is 12.2 Å². The summed E-state index contributed by atoms with van der Waals surface area (Å²) in [5.41, 5.74) is 1.89. The van der Waals surface area contributed by atoms with Gasteiger partial charge in [-0.15, -0.1) is 11.3 Å². The SMILES string of the molecule is CCOC(=O)c1c(NC(=O)c2ccc(O[C@@H](C)C(=O)OC(C)C)cc2)sc2c1CC[C@H](C)C2. The molecule has 7 nitrogen and oxygen atoms in total. The smallest absolute Gasteiger partial charge is 0.347 e. The standard InChI is InChI=1S/C25H31NO6S/c1-6-30-25(29)21-19-12-7-15(4)13-20(19)33-23(21)26-22(27)17-8-10-18(11-9-17)32-16(5)24(28)31-14(2)3/h8-11,14-16H,6-7,12-13H2,1-5H3,(H,26,27)/t15-,16-/m0/s1. The number of nitrogens with one attached hydrogen (secondary N) is 1. The van der Waals surface area contributed by atoms with E-state index < -0.39 is 18.0 Å². The predicted octanol–water partition coefficient (Wildman–Crippen LogP) is 5.02. The van der Waals surface area contributed by atoms with Gasteiger partial charge in [0.25, 0.3) is 5.91 Å². The van der Waals surface area contributed by atoms with E-state index in [-0.39, 0.29) is 18.6 Å². The van der Waals surface area contributed by atoms with Crippen LogP contribution in [0.1, 0.15) is 72.2 Å². The van der Waals surface area contributed by atoms with Crippen molar-refractivity contribution in [1.82, 2.24) is 0 Å². The zero-order valence-electron chi connectivity index (χ0n) is 19.7. The molecule has 0 radical (unpaired) electrons. The lowest BCUT2D eigenvalue weighted by Gasteiger charge is -2.18. The Bertz CT molecular complexity index is 1010. The van der Waals surface area contributed by atoms with Crippen LogP contribution in [0.5, 0.6) is 5.75 Å². The Kier molecular flexibility index (Phi) is 8.13. The van der Waals surface area contributed by atoms with Gasteiger partial charge in [-0.05, 0) is 82.7 Å². The topological polar surface area (TPSA) is 90.9 Å². The molecule has 1 heterocycles. The highest BCUT2D eigenvalue weighted by Crippen LogP contribution is 2.40. The molecule has 1 aromatic carbocycles. The molecule has 1 aliphatic carbocycles. The summed E-state index contributed by atoms with van der Waals surface area (Å²) < 4.78 is 16.0. The number of fused-ring (bicyclic) bond motifs is 1. The van der Waals surface area contributed by atoms with E-state index in [0.717, 1.165) is 29.7 Å². The third-order valence-corrected chi connectivity index (χ3v) is 6.50. The van der Waals surface area contributed by atoms with Gasteiger partial charge in [-0.1, -0.05) is 6.92 Å². The van der Waals surface area contributed by atoms with E-state index in [1.807, 2.05) is 0 Å². The summed E-state index contributed by atoms with van der Waals surface area (Å²) in [5.74, 6) is -0.179. The largest absolute Gasteiger partial charge is 0.479 e. The van der Waals surface area contributed by atoms with Crippen molar-refractivity contribution in [2.45, 2.75) is 66.1 Å². The Morgan fingerprint density at radius 1 is 1.15 bits per heavy atom. The maximum atomic E-state index is 12.9. The van der Waals surface area contributed by atoms with Gasteiger partial charge in [0.2, 0.25) is 0 Å². The van der Waals surface area contributed by atoms with Crippen molar-refractivity contribution in [3.8, 4) is 5.75 Å². The van der Waals surface area contributed by atoms with Crippen molar-refractivity contribution in [3.63, 3.8) is 0 Å². The Hall–Kier alpha value is -2.87. The first-order valence-electron chi connectivity index (χ1n) is 11.3. The third-order valence-electron chi connectivity index (χ3n) is 5.33. The van der Waals surface area contributed by atoms with E-state index in [9.17, 15) is 14.4 Å². The average Bonchev–Trinajstić information content (AvgIpc) is 3.10. The molecule has 0 unspecified atom stereocenters. The van der Waals surface area contributed by atoms with Gasteiger partial charge >= 0.3 is 11.9 Å². The van der Waals surface area contributed by atoms with Crippen LogP contribution in [-0.2, 0) is 27.1 Å². The van der Waals surface area contributed by atoms with Crippen LogP contribution < -0.4 is 10.1 Å². The molecule has 0 saturated carbocycles. The Balaban J connectivity index is 1.73. The second kappa shape index (κ2) is 10.8. The number of anilines is 1. The maximum Gasteiger partial charge on any atom is 0.347 e. The van der Waals surface area contributed by atoms with Gasteiger partial charge in [0, 0.05) is 10.4 Å². The first kappa shape index (κ1) is 24.8. The predicted molar refractivity (Wildman–Crippen MR) is 127 cm³/mol. The molecule has 0 fully saturated rings. The van der Waals surface area contributed by atoms with Crippen molar-refractivity contribution in [1.29, 1.82) is 0 Å². The van der Waals surface area contributed by atoms with Crippen LogP contribution in [0.4, 0.5) is 5.00 Å². The fourth-order valence-electron chi connectivity index (χ4n) is 3.70. The molecule has 0 aliphatic heterocycles. The highest BCUT2D eigenvalue weighted by molar-refractivity contribution is 7.17. The molecular weight excluding hydrogens is 442 g/mol. The van der Waals surface area contributed by atoms with Crippen LogP contribution in [0.25, 0.3) is 0 Å². The highest BCUT2D eigenvalue weighted by atomic mass is 32.1. The monoisotopic (exact) mass is 473 g/mol. The summed E-state index contributed by atoms with van der Waals surface area (Å²) >= 11 is 1.45. The molecular formula is C25H31NO6S. The molecule has 2 aromatic rings. The molecule has 8 heteroatoms. The van der Waals surface area contributed by atoms with E-state index in [4.69, 9.17) is 14.2 Å². The van der Waals surface area contributed by atoms with E-state index in [0.29, 0.717) is 27.8 Å². The molecule has 0 bridgehead atoms. The van der Waals surface area contributed by atoms with Gasteiger partial charge in [-0.3, -0.25) is 4.79 Å². The number of ether oxygens (including phenoxy) is 3. The van der Waals surface area contributed by atoms with Gasteiger partial charge < -0.3 is 19.5 Å². The summed E-state index contributed by atoms with van der Waals surface area (Å²) in [4.78, 5) is 38.6. The molecule has 0 spiro atoms. The number of hydrogen-bond acceptors (Lipinski definition) is 7. The third kappa shape index (κ3) is 6.13. The number of benzene rings is 1. The molecule has 0 saturated heterocycles. The van der Waals surface area contributed by atoms with E-state index >= 15 is 0 Å². The second-order valence-electron chi connectivity index (χ2n) is 8.50. The Labute approximate surface area is 198 Å². The summed E-state index contributed by atoms with van der Waals surface area (Å²) in [7, 11) is 0. The number of thiophene rings is 1. The van der Waals surface area contributed by atoms with Crippen molar-refractivity contribution in [2.24, 2.45) is 5.92 Å². The van der Waals surface area contributed by atoms with Gasteiger partial charge in [0.05, 0.1) is 18.3 Å². The van der Waals surface area contributed by atoms with E-state index in [1.54, 1.807) is 52.0 Å². The summed E-state index contributed by atoms with van der Waals surface area (Å²) in [5, 5.41) is 3.43. The molecule has 1 aromatic heterocycles. The van der Waals surface area contributed by atoms with Crippen LogP contribution in [0.3, 0.4) is 0 Å². The number of carbonyl (C=O) groups is 3. The van der Waals surface area contributed by atoms with Crippen LogP contribution >= 0.6 is 11.3 Å². The molecule has 33 heavy (non-hydrogen) atoms. The minimum atomic E-state index is -0.765. The highest BCUT2D eigenvalue weighted by Gasteiger charge is 2.29. The number of rotatable bonds is 8. The average molecular weight is 474 g/mol. The van der Waals surface area contributed by atoms with E-state index in [1.165, 1.54) is 11.3 Å². The van der Waals surface area contributed by atoms with Crippen LogP contribution in [0, 0.1) is 5.92 Å². The Morgan fingerprint density at radius 2 is 1.85 bits per heavy atom. The van der Waals surface area contributed by atoms with Crippen molar-refractivity contribution in [3.05, 3.63) is 45.8 Å². The second-order valence-corrected chi connectivity index (χ2v) is 9.61. The molecule has 178 valence electrons. The molecule has 3 rings (SSSR count). The number of amides is 1. The zero-order valence-corrected chi connectivity index (χ0v) is 20.5. The number of hydrogen-bond donors (Lipinski definition) is 1. The zero-order chi connectivity index (χ0) is 24.1. The Morgan fingerprint density at radius 3 is 2.48 bits per heavy atom. The van der Waals surface area contributed by atoms with Crippen LogP contribution in [0.2, 0.25) is 0 Å². The first-order valence-corrected chi connectivity index (χ1v) is 12.1. The summed E-state index contributed by atoms with van der Waals surface area (Å²) in [6, 6.07) is 6.48. The lowest BCUT2D eigenvalue weighted by Crippen LogP contribution is -2.28. The summed E-state index contributed by atoms with van der Waals surface area (Å²) in [6.07, 6.45) is 1.72. The maximum absolute atomic E-state index is 12.9. The van der Waals surface area contributed by atoms with Crippen LogP contribution in [-0.4, -0.2) is 36.7 Å². The number of carbonyl (C=O) groups excluding carboxylic acids is 3. The van der Waals surface area contributed by atoms with Crippen molar-refractivity contribution < 1.29 is 28.6 Å². The van der Waals surface area contributed by atoms with Gasteiger partial charge in [-0.25, -0.2) is 9.59 Å². The quantitative estimate of drug-likeness (QED) is 0.541. The number of esters is 2. The van der Waals surface area contributed by atoms with Crippen LogP contribution in [0.15, 0.2) is 24.3 Å². The summed E-state index contributed by atoms with van der Waals surface area (Å²) in [6.45, 7) is 9.40. The lowest BCUT2D eigenvalue weighted by molar-refractivity contribution is -0.154. The normalized spacial score (nSPS) is 16.0. The van der Waals surface area contributed by atoms with Crippen molar-refractivity contribution >= 4 is 34.2 Å². The minimum Gasteiger partial charge on any atom is -0.479 e.